The van der Waals surface area contributed by atoms with Crippen LogP contribution in [-0.2, 0) is 31.2 Å². The van der Waals surface area contributed by atoms with Crippen LogP contribution in [-0.4, -0.2) is 86.1 Å². The minimum absolute atomic E-state index is 0.0183. The second-order valence-electron chi connectivity index (χ2n) is 9.15. The molecule has 38 heavy (non-hydrogen) atoms. The molecule has 1 aromatic rings. The van der Waals surface area contributed by atoms with Crippen molar-refractivity contribution < 1.29 is 52.3 Å². The average Bonchev–Trinajstić information content (AvgIpc) is 2.77. The van der Waals surface area contributed by atoms with Crippen molar-refractivity contribution in [1.82, 2.24) is 4.90 Å². The number of nitrogens with zero attached hydrogens (tertiary/aromatic N) is 1. The SMILES string of the molecule is CN(C)C1C(=O)C(C(N)=O)=C(O)C2(O)C(=O)C3=C(O)c4c(O)c(I)c(Cl)c(N)c4CC3CC12.O=S(=O)(O)O. The molecular weight excluding hydrogens is 665 g/mol. The summed E-state index contributed by atoms with van der Waals surface area (Å²) < 4.78 is 31.8. The molecule has 1 aromatic carbocycles. The van der Waals surface area contributed by atoms with Gasteiger partial charge in [-0.25, -0.2) is 0 Å². The number of nitrogen functional groups attached to an aromatic ring is 1. The normalized spacial score (nSPS) is 26.9. The number of primary amides is 1. The van der Waals surface area contributed by atoms with Crippen molar-refractivity contribution in [2.45, 2.75) is 24.5 Å². The number of benzene rings is 1. The number of phenols is 1. The molecule has 1 fully saturated rings. The van der Waals surface area contributed by atoms with Crippen LogP contribution in [0.1, 0.15) is 17.5 Å². The molecule has 0 aliphatic heterocycles. The molecular formula is C21H23ClIN3O11S. The smallest absolute Gasteiger partial charge is 0.394 e. The van der Waals surface area contributed by atoms with E-state index in [4.69, 9.17) is 40.6 Å². The van der Waals surface area contributed by atoms with Crippen molar-refractivity contribution in [2.75, 3.05) is 19.8 Å². The van der Waals surface area contributed by atoms with Crippen LogP contribution < -0.4 is 11.5 Å². The highest BCUT2D eigenvalue weighted by Gasteiger charge is 2.64. The number of phenolic OH excluding ortho intramolecular Hbond substituents is 1. The van der Waals surface area contributed by atoms with Gasteiger partial charge in [-0.05, 0) is 61.0 Å². The number of Topliss-reactive ketones (excluding diaryl/α,β-unsaturated/α-hetero) is 2. The zero-order valence-corrected chi connectivity index (χ0v) is 23.4. The minimum atomic E-state index is -4.67. The first kappa shape index (κ1) is 30.1. The minimum Gasteiger partial charge on any atom is -0.508 e. The van der Waals surface area contributed by atoms with Crippen LogP contribution in [0.4, 0.5) is 5.69 Å². The Kier molecular flexibility index (Phi) is 7.85. The maximum atomic E-state index is 13.7. The third-order valence-corrected chi connectivity index (χ3v) is 8.58. The van der Waals surface area contributed by atoms with E-state index < -0.39 is 68.4 Å². The van der Waals surface area contributed by atoms with E-state index in [2.05, 4.69) is 0 Å². The number of amides is 1. The fourth-order valence-electron chi connectivity index (χ4n) is 5.34. The molecule has 10 N–H and O–H groups in total. The number of ketones is 2. The highest BCUT2D eigenvalue weighted by atomic mass is 127. The fourth-order valence-corrected chi connectivity index (χ4v) is 6.11. The third-order valence-electron chi connectivity index (χ3n) is 6.81. The van der Waals surface area contributed by atoms with Crippen LogP contribution in [0.15, 0.2) is 16.9 Å². The molecule has 17 heteroatoms. The van der Waals surface area contributed by atoms with Gasteiger partial charge in [0.15, 0.2) is 11.4 Å². The van der Waals surface area contributed by atoms with Crippen molar-refractivity contribution in [3.63, 3.8) is 0 Å². The van der Waals surface area contributed by atoms with Gasteiger partial charge in [0, 0.05) is 11.5 Å². The lowest BCUT2D eigenvalue weighted by Gasteiger charge is -2.50. The number of carbonyl (C=O) groups excluding carboxylic acids is 3. The van der Waals surface area contributed by atoms with E-state index in [0.717, 1.165) is 0 Å². The van der Waals surface area contributed by atoms with Gasteiger partial charge in [0.2, 0.25) is 5.78 Å². The summed E-state index contributed by atoms with van der Waals surface area (Å²) in [7, 11) is -1.60. The van der Waals surface area contributed by atoms with E-state index in [1.807, 2.05) is 0 Å². The standard InChI is InChI=1S/C21H21ClIN3O7.H2O4S/c1-26(2)14-7-4-5-3-6-9(16(28)12(23)11(22)13(6)24)15(27)8(5)18(30)21(7,33)19(31)10(17(14)29)20(25)32;1-5(2,3)4/h5,7,14,27-28,31,33H,3-4,24H2,1-2H3,(H2,25,32);(H2,1,2,3,4). The molecule has 0 heterocycles. The van der Waals surface area contributed by atoms with E-state index in [1.54, 1.807) is 22.6 Å². The number of anilines is 1. The predicted octanol–water partition coefficient (Wildman–Crippen LogP) is 0.151. The van der Waals surface area contributed by atoms with E-state index in [9.17, 15) is 34.8 Å². The monoisotopic (exact) mass is 687 g/mol. The first-order valence-electron chi connectivity index (χ1n) is 10.6. The van der Waals surface area contributed by atoms with E-state index in [0.29, 0.717) is 5.56 Å². The number of carbonyl (C=O) groups is 3. The number of halogens is 2. The Morgan fingerprint density at radius 1 is 1.18 bits per heavy atom. The van der Waals surface area contributed by atoms with Gasteiger partial charge in [-0.1, -0.05) is 11.6 Å². The van der Waals surface area contributed by atoms with Crippen molar-refractivity contribution >= 4 is 73.5 Å². The Balaban J connectivity index is 0.000000732. The van der Waals surface area contributed by atoms with Crippen LogP contribution in [0.3, 0.4) is 0 Å². The molecule has 0 radical (unpaired) electrons. The number of aliphatic hydroxyl groups excluding tert-OH is 2. The number of hydrogen-bond donors (Lipinski definition) is 8. The van der Waals surface area contributed by atoms with Crippen LogP contribution in [0, 0.1) is 15.4 Å². The number of rotatable bonds is 2. The van der Waals surface area contributed by atoms with E-state index in [1.165, 1.54) is 19.0 Å². The average molecular weight is 688 g/mol. The lowest BCUT2D eigenvalue weighted by atomic mass is 9.57. The second-order valence-corrected chi connectivity index (χ2v) is 11.5. The molecule has 1 saturated carbocycles. The van der Waals surface area contributed by atoms with Gasteiger partial charge in [-0.2, -0.15) is 8.42 Å². The Hall–Kier alpha value is -2.48. The largest absolute Gasteiger partial charge is 0.508 e. The summed E-state index contributed by atoms with van der Waals surface area (Å²) in [6, 6.07) is -1.14. The lowest BCUT2D eigenvalue weighted by molar-refractivity contribution is -0.153. The molecule has 208 valence electrons. The first-order chi connectivity index (χ1) is 17.3. The summed E-state index contributed by atoms with van der Waals surface area (Å²) in [6.07, 6.45) is 0.0696. The Morgan fingerprint density at radius 2 is 1.71 bits per heavy atom. The van der Waals surface area contributed by atoms with Gasteiger partial charge in [0.05, 0.1) is 25.9 Å². The number of fused-ring (bicyclic) bond motifs is 3. The van der Waals surface area contributed by atoms with Crippen molar-refractivity contribution in [1.29, 1.82) is 0 Å². The van der Waals surface area contributed by atoms with Gasteiger partial charge in [-0.3, -0.25) is 28.4 Å². The third kappa shape index (κ3) is 4.63. The van der Waals surface area contributed by atoms with Crippen molar-refractivity contribution in [3.8, 4) is 5.75 Å². The summed E-state index contributed by atoms with van der Waals surface area (Å²) in [5.74, 6) is -7.14. The molecule has 0 spiro atoms. The molecule has 0 bridgehead atoms. The summed E-state index contributed by atoms with van der Waals surface area (Å²) in [5.41, 5.74) is 8.04. The first-order valence-corrected chi connectivity index (χ1v) is 13.4. The molecule has 4 unspecified atom stereocenters. The quantitative estimate of drug-likeness (QED) is 0.0678. The van der Waals surface area contributed by atoms with Gasteiger partial charge in [0.1, 0.15) is 22.8 Å². The summed E-state index contributed by atoms with van der Waals surface area (Å²) >= 11 is 7.97. The molecule has 0 saturated heterocycles. The van der Waals surface area contributed by atoms with E-state index in [-0.39, 0.29) is 44.0 Å². The molecule has 3 aliphatic carbocycles. The Morgan fingerprint density at radius 3 is 2.18 bits per heavy atom. The van der Waals surface area contributed by atoms with Crippen LogP contribution in [0.25, 0.3) is 5.76 Å². The molecule has 1 amide bonds. The Labute approximate surface area is 234 Å². The number of hydrogen-bond acceptors (Lipinski definition) is 11. The summed E-state index contributed by atoms with van der Waals surface area (Å²) in [4.78, 5) is 40.0. The number of aliphatic hydroxyl groups is 3. The van der Waals surface area contributed by atoms with Crippen LogP contribution in [0.5, 0.6) is 5.75 Å². The zero-order valence-electron chi connectivity index (χ0n) is 19.6. The van der Waals surface area contributed by atoms with Gasteiger partial charge < -0.3 is 31.9 Å². The van der Waals surface area contributed by atoms with E-state index >= 15 is 0 Å². The summed E-state index contributed by atoms with van der Waals surface area (Å²) in [6.45, 7) is 0. The molecule has 4 atom stereocenters. The second kappa shape index (κ2) is 9.92. The Bertz CT molecular complexity index is 1450. The van der Waals surface area contributed by atoms with Gasteiger partial charge >= 0.3 is 10.4 Å². The molecule has 0 aromatic heterocycles. The van der Waals surface area contributed by atoms with Crippen LogP contribution in [0.2, 0.25) is 5.02 Å². The molecule has 3 aliphatic rings. The molecule has 14 nitrogen and oxygen atoms in total. The van der Waals surface area contributed by atoms with Crippen molar-refractivity contribution in [3.05, 3.63) is 36.6 Å². The topological polar surface area (TPSA) is 262 Å². The zero-order chi connectivity index (χ0) is 29.2. The van der Waals surface area contributed by atoms with Gasteiger partial charge in [0.25, 0.3) is 5.91 Å². The lowest BCUT2D eigenvalue weighted by Crippen LogP contribution is -2.65. The van der Waals surface area contributed by atoms with Crippen LogP contribution >= 0.6 is 34.2 Å². The summed E-state index contributed by atoms with van der Waals surface area (Å²) in [5, 5.41) is 44.1. The maximum Gasteiger partial charge on any atom is 0.394 e. The predicted molar refractivity (Wildman–Crippen MR) is 141 cm³/mol. The number of nitrogens with two attached hydrogens (primary N) is 2. The number of likely N-dealkylation sites (N-methyl/N-ethyl adjacent to an activating group) is 1. The van der Waals surface area contributed by atoms with Gasteiger partial charge in [-0.15, -0.1) is 0 Å². The fraction of sp³-hybridized carbons (Fsp3) is 0.381. The highest BCUT2D eigenvalue weighted by Crippen LogP contribution is 2.54. The molecule has 4 rings (SSSR count). The number of aromatic hydroxyl groups is 1. The highest BCUT2D eigenvalue weighted by molar-refractivity contribution is 14.1. The maximum absolute atomic E-state index is 13.7. The van der Waals surface area contributed by atoms with Crippen molar-refractivity contribution in [2.24, 2.45) is 17.6 Å².